The van der Waals surface area contributed by atoms with E-state index in [1.165, 1.54) is 14.0 Å². The fraction of sp³-hybridized carbons (Fsp3) is 0.200. The summed E-state index contributed by atoms with van der Waals surface area (Å²) in [5.41, 5.74) is 0.177. The zero-order valence-corrected chi connectivity index (χ0v) is 8.06. The molecule has 0 aliphatic heterocycles. The number of hydrogen-bond acceptors (Lipinski definition) is 4. The van der Waals surface area contributed by atoms with Crippen LogP contribution in [0.25, 0.3) is 0 Å². The second-order valence-electron chi connectivity index (χ2n) is 2.57. The van der Waals surface area contributed by atoms with Crippen LogP contribution in [0.1, 0.15) is 6.92 Å². The highest BCUT2D eigenvalue weighted by Gasteiger charge is 2.04. The van der Waals surface area contributed by atoms with Crippen molar-refractivity contribution >= 4 is 11.7 Å². The first kappa shape index (κ1) is 10.2. The van der Waals surface area contributed by atoms with Gasteiger partial charge in [0.1, 0.15) is 0 Å². The second kappa shape index (κ2) is 5.01. The van der Waals surface area contributed by atoms with Crippen molar-refractivity contribution in [2.24, 2.45) is 5.16 Å². The molecule has 0 spiro atoms. The molecule has 0 unspecified atom stereocenters. The first-order valence-corrected chi connectivity index (χ1v) is 4.09. The van der Waals surface area contributed by atoms with Gasteiger partial charge in [0.2, 0.25) is 0 Å². The number of rotatable bonds is 3. The quantitative estimate of drug-likeness (QED) is 0.416. The van der Waals surface area contributed by atoms with Gasteiger partial charge in [-0.1, -0.05) is 23.4 Å². The van der Waals surface area contributed by atoms with E-state index in [0.29, 0.717) is 5.75 Å². The van der Waals surface area contributed by atoms with Crippen LogP contribution in [0.4, 0.5) is 0 Å². The smallest absolute Gasteiger partial charge is 0.355 e. The maximum Gasteiger partial charge on any atom is 0.355 e. The Hall–Kier alpha value is -1.84. The monoisotopic (exact) mass is 193 g/mol. The molecule has 14 heavy (non-hydrogen) atoms. The van der Waals surface area contributed by atoms with E-state index in [-0.39, 0.29) is 5.71 Å². The van der Waals surface area contributed by atoms with E-state index < -0.39 is 5.97 Å². The maximum absolute atomic E-state index is 10.9. The highest BCUT2D eigenvalue weighted by molar-refractivity contribution is 6.35. The minimum atomic E-state index is -0.499. The molecule has 0 fully saturated rings. The van der Waals surface area contributed by atoms with Gasteiger partial charge >= 0.3 is 5.97 Å². The van der Waals surface area contributed by atoms with Crippen molar-refractivity contribution in [3.63, 3.8) is 0 Å². The summed E-state index contributed by atoms with van der Waals surface area (Å²) < 4.78 is 4.45. The highest BCUT2D eigenvalue weighted by atomic mass is 16.6. The van der Waals surface area contributed by atoms with E-state index in [0.717, 1.165) is 0 Å². The van der Waals surface area contributed by atoms with Crippen molar-refractivity contribution in [3.05, 3.63) is 30.3 Å². The SMILES string of the molecule is COC(=O)C(C)=NOc1ccccc1. The summed E-state index contributed by atoms with van der Waals surface area (Å²) in [6.45, 7) is 1.52. The lowest BCUT2D eigenvalue weighted by Crippen LogP contribution is -2.12. The average molecular weight is 193 g/mol. The summed E-state index contributed by atoms with van der Waals surface area (Å²) in [4.78, 5) is 15.9. The van der Waals surface area contributed by atoms with E-state index >= 15 is 0 Å². The second-order valence-corrected chi connectivity index (χ2v) is 2.57. The molecular formula is C10H11NO3. The van der Waals surface area contributed by atoms with Gasteiger partial charge in [-0.3, -0.25) is 0 Å². The van der Waals surface area contributed by atoms with Gasteiger partial charge in [-0.25, -0.2) is 4.79 Å². The fourth-order valence-corrected chi connectivity index (χ4v) is 0.787. The summed E-state index contributed by atoms with van der Waals surface area (Å²) in [7, 11) is 1.30. The van der Waals surface area contributed by atoms with Gasteiger partial charge in [0.15, 0.2) is 11.5 Å². The van der Waals surface area contributed by atoms with Crippen molar-refractivity contribution in [2.75, 3.05) is 7.11 Å². The highest BCUT2D eigenvalue weighted by Crippen LogP contribution is 2.08. The predicted octanol–water partition coefficient (Wildman–Crippen LogP) is 1.61. The molecule has 0 aliphatic rings. The number of oxime groups is 1. The van der Waals surface area contributed by atoms with Crippen LogP contribution in [0.2, 0.25) is 0 Å². The number of hydrogen-bond donors (Lipinski definition) is 0. The molecule has 1 rings (SSSR count). The number of ether oxygens (including phenoxy) is 1. The third-order valence-electron chi connectivity index (χ3n) is 1.51. The number of benzene rings is 1. The van der Waals surface area contributed by atoms with Gasteiger partial charge < -0.3 is 9.57 Å². The van der Waals surface area contributed by atoms with Gasteiger partial charge in [-0.2, -0.15) is 0 Å². The van der Waals surface area contributed by atoms with Crippen molar-refractivity contribution in [1.82, 2.24) is 0 Å². The number of methoxy groups -OCH3 is 1. The third-order valence-corrected chi connectivity index (χ3v) is 1.51. The van der Waals surface area contributed by atoms with Crippen LogP contribution in [0, 0.1) is 0 Å². The van der Waals surface area contributed by atoms with Crippen LogP contribution in [0.15, 0.2) is 35.5 Å². The topological polar surface area (TPSA) is 47.9 Å². The summed E-state index contributed by atoms with van der Waals surface area (Å²) in [6, 6.07) is 8.99. The van der Waals surface area contributed by atoms with Crippen molar-refractivity contribution in [1.29, 1.82) is 0 Å². The molecule has 0 N–H and O–H groups in total. The van der Waals surface area contributed by atoms with Crippen molar-refractivity contribution < 1.29 is 14.4 Å². The first-order valence-electron chi connectivity index (χ1n) is 4.09. The Morgan fingerprint density at radius 2 is 1.93 bits per heavy atom. The molecule has 0 saturated carbocycles. The molecule has 0 heterocycles. The summed E-state index contributed by atoms with van der Waals surface area (Å²) in [5.74, 6) is 0.0803. The molecule has 0 saturated heterocycles. The molecule has 0 radical (unpaired) electrons. The van der Waals surface area contributed by atoms with Gasteiger partial charge in [0.05, 0.1) is 7.11 Å². The predicted molar refractivity (Wildman–Crippen MR) is 52.2 cm³/mol. The third kappa shape index (κ3) is 2.90. The lowest BCUT2D eigenvalue weighted by atomic mass is 10.3. The average Bonchev–Trinajstić information content (AvgIpc) is 2.26. The van der Waals surface area contributed by atoms with Crippen LogP contribution in [-0.4, -0.2) is 18.8 Å². The van der Waals surface area contributed by atoms with Crippen molar-refractivity contribution in [3.8, 4) is 5.75 Å². The largest absolute Gasteiger partial charge is 0.464 e. The van der Waals surface area contributed by atoms with Crippen LogP contribution < -0.4 is 4.84 Å². The molecule has 0 amide bonds. The number of carbonyl (C=O) groups excluding carboxylic acids is 1. The lowest BCUT2D eigenvalue weighted by molar-refractivity contribution is -0.132. The normalized spacial score (nSPS) is 10.9. The van der Waals surface area contributed by atoms with E-state index in [9.17, 15) is 4.79 Å². The standard InChI is InChI=1S/C10H11NO3/c1-8(10(12)13-2)11-14-9-6-4-3-5-7-9/h3-7H,1-2H3. The fourth-order valence-electron chi connectivity index (χ4n) is 0.787. The van der Waals surface area contributed by atoms with E-state index in [2.05, 4.69) is 9.89 Å². The van der Waals surface area contributed by atoms with E-state index in [4.69, 9.17) is 4.84 Å². The van der Waals surface area contributed by atoms with Crippen molar-refractivity contribution in [2.45, 2.75) is 6.92 Å². The minimum absolute atomic E-state index is 0.177. The Balaban J connectivity index is 2.59. The van der Waals surface area contributed by atoms with Gasteiger partial charge in [0, 0.05) is 0 Å². The van der Waals surface area contributed by atoms with E-state index in [1.807, 2.05) is 18.2 Å². The minimum Gasteiger partial charge on any atom is -0.464 e. The molecule has 74 valence electrons. The maximum atomic E-state index is 10.9. The number of para-hydroxylation sites is 1. The number of esters is 1. The molecular weight excluding hydrogens is 182 g/mol. The van der Waals surface area contributed by atoms with Gasteiger partial charge in [0.25, 0.3) is 0 Å². The van der Waals surface area contributed by atoms with Crippen LogP contribution in [-0.2, 0) is 9.53 Å². The summed E-state index contributed by atoms with van der Waals surface area (Å²) >= 11 is 0. The Morgan fingerprint density at radius 1 is 1.29 bits per heavy atom. The molecule has 0 atom stereocenters. The van der Waals surface area contributed by atoms with Crippen LogP contribution in [0.3, 0.4) is 0 Å². The summed E-state index contributed by atoms with van der Waals surface area (Å²) in [6.07, 6.45) is 0. The Morgan fingerprint density at radius 3 is 2.50 bits per heavy atom. The molecule has 1 aromatic rings. The van der Waals surface area contributed by atoms with Crippen LogP contribution in [0.5, 0.6) is 5.75 Å². The molecule has 0 aliphatic carbocycles. The molecule has 4 heteroatoms. The molecule has 4 nitrogen and oxygen atoms in total. The zero-order valence-electron chi connectivity index (χ0n) is 8.06. The van der Waals surface area contributed by atoms with E-state index in [1.54, 1.807) is 12.1 Å². The van der Waals surface area contributed by atoms with Gasteiger partial charge in [-0.15, -0.1) is 0 Å². The Kier molecular flexibility index (Phi) is 3.67. The van der Waals surface area contributed by atoms with Gasteiger partial charge in [-0.05, 0) is 19.1 Å². The lowest BCUT2D eigenvalue weighted by Gasteiger charge is -1.99. The number of nitrogens with zero attached hydrogens (tertiary/aromatic N) is 1. The number of carbonyl (C=O) groups is 1. The van der Waals surface area contributed by atoms with Crippen LogP contribution >= 0.6 is 0 Å². The zero-order chi connectivity index (χ0) is 10.4. The Labute approximate surface area is 82.1 Å². The molecule has 0 bridgehead atoms. The molecule has 1 aromatic carbocycles. The summed E-state index contributed by atoms with van der Waals surface area (Å²) in [5, 5.41) is 3.61. The Bertz CT molecular complexity index is 332. The molecule has 0 aromatic heterocycles. The first-order chi connectivity index (χ1) is 6.74.